The highest BCUT2D eigenvalue weighted by atomic mass is 35.5. The summed E-state index contributed by atoms with van der Waals surface area (Å²) in [5.41, 5.74) is 2.50. The third kappa shape index (κ3) is 2.82. The van der Waals surface area contributed by atoms with Crippen LogP contribution < -0.4 is 0 Å². The van der Waals surface area contributed by atoms with Crippen LogP contribution in [0.25, 0.3) is 17.0 Å². The standard InChI is InChI=1S/C19H12Cl2N2O/c1-11-18(13-5-2-3-8-17(13)23-11)19(24)12(10-22)9-14-15(20)6-4-7-16(14)21/h2-9,23H,1H3. The zero-order chi connectivity index (χ0) is 17.3. The Morgan fingerprint density at radius 1 is 1.12 bits per heavy atom. The van der Waals surface area contributed by atoms with Gasteiger partial charge in [-0.1, -0.05) is 47.5 Å². The maximum Gasteiger partial charge on any atom is 0.205 e. The molecular formula is C19H12Cl2N2O. The molecule has 1 heterocycles. The zero-order valence-corrected chi connectivity index (χ0v) is 14.2. The van der Waals surface area contributed by atoms with E-state index in [9.17, 15) is 10.1 Å². The topological polar surface area (TPSA) is 56.6 Å². The number of nitrogens with zero attached hydrogens (tertiary/aromatic N) is 1. The maximum atomic E-state index is 12.9. The summed E-state index contributed by atoms with van der Waals surface area (Å²) >= 11 is 12.3. The summed E-state index contributed by atoms with van der Waals surface area (Å²) < 4.78 is 0. The molecule has 0 radical (unpaired) electrons. The Kier molecular flexibility index (Phi) is 4.44. The molecular weight excluding hydrogens is 343 g/mol. The van der Waals surface area contributed by atoms with Crippen LogP contribution in [0.3, 0.4) is 0 Å². The molecule has 0 aliphatic heterocycles. The summed E-state index contributed by atoms with van der Waals surface area (Å²) in [6, 6.07) is 14.5. The lowest BCUT2D eigenvalue weighted by Gasteiger charge is -2.04. The normalized spacial score (nSPS) is 11.5. The van der Waals surface area contributed by atoms with E-state index in [2.05, 4.69) is 4.98 Å². The molecule has 2 aromatic carbocycles. The van der Waals surface area contributed by atoms with E-state index < -0.39 is 0 Å². The van der Waals surface area contributed by atoms with Gasteiger partial charge < -0.3 is 4.98 Å². The van der Waals surface area contributed by atoms with Crippen molar-refractivity contribution in [1.29, 1.82) is 5.26 Å². The molecule has 0 spiro atoms. The fourth-order valence-electron chi connectivity index (χ4n) is 2.65. The van der Waals surface area contributed by atoms with Gasteiger partial charge in [-0.15, -0.1) is 0 Å². The minimum Gasteiger partial charge on any atom is -0.358 e. The Bertz CT molecular complexity index is 1010. The van der Waals surface area contributed by atoms with Gasteiger partial charge in [-0.2, -0.15) is 5.26 Å². The quantitative estimate of drug-likeness (QED) is 0.379. The molecule has 0 atom stereocenters. The molecule has 0 saturated carbocycles. The first-order chi connectivity index (χ1) is 11.5. The molecule has 0 fully saturated rings. The third-order valence-electron chi connectivity index (χ3n) is 3.77. The lowest BCUT2D eigenvalue weighted by Crippen LogP contribution is -2.03. The van der Waals surface area contributed by atoms with Crippen molar-refractivity contribution in [3.8, 4) is 6.07 Å². The van der Waals surface area contributed by atoms with Crippen LogP contribution in [0, 0.1) is 18.3 Å². The predicted molar refractivity (Wildman–Crippen MR) is 97.4 cm³/mol. The number of hydrogen-bond acceptors (Lipinski definition) is 2. The molecule has 0 aliphatic carbocycles. The van der Waals surface area contributed by atoms with Crippen molar-refractivity contribution >= 4 is 46.0 Å². The van der Waals surface area contributed by atoms with E-state index in [-0.39, 0.29) is 11.4 Å². The Hall–Kier alpha value is -2.54. The van der Waals surface area contributed by atoms with Crippen LogP contribution in [-0.2, 0) is 0 Å². The smallest absolute Gasteiger partial charge is 0.205 e. The number of halogens is 2. The fourth-order valence-corrected chi connectivity index (χ4v) is 3.15. The number of allylic oxidation sites excluding steroid dienone is 1. The van der Waals surface area contributed by atoms with Gasteiger partial charge in [0.15, 0.2) is 0 Å². The Balaban J connectivity index is 2.15. The lowest BCUT2D eigenvalue weighted by molar-refractivity contribution is 0.104. The third-order valence-corrected chi connectivity index (χ3v) is 4.43. The first-order valence-corrected chi connectivity index (χ1v) is 7.96. The monoisotopic (exact) mass is 354 g/mol. The summed E-state index contributed by atoms with van der Waals surface area (Å²) in [6.45, 7) is 1.81. The number of carbonyl (C=O) groups excluding carboxylic acids is 1. The summed E-state index contributed by atoms with van der Waals surface area (Å²) in [4.78, 5) is 16.1. The van der Waals surface area contributed by atoms with Gasteiger partial charge >= 0.3 is 0 Å². The van der Waals surface area contributed by atoms with Crippen LogP contribution in [0.2, 0.25) is 10.0 Å². The Morgan fingerprint density at radius 2 is 1.79 bits per heavy atom. The highest BCUT2D eigenvalue weighted by molar-refractivity contribution is 6.37. The maximum absolute atomic E-state index is 12.9. The van der Waals surface area contributed by atoms with Crippen LogP contribution in [0.4, 0.5) is 0 Å². The van der Waals surface area contributed by atoms with Crippen LogP contribution in [0.1, 0.15) is 21.6 Å². The highest BCUT2D eigenvalue weighted by Gasteiger charge is 2.20. The van der Waals surface area contributed by atoms with Gasteiger partial charge in [0.25, 0.3) is 0 Å². The van der Waals surface area contributed by atoms with E-state index in [1.54, 1.807) is 18.2 Å². The van der Waals surface area contributed by atoms with E-state index in [1.807, 2.05) is 37.3 Å². The molecule has 3 aromatic rings. The van der Waals surface area contributed by atoms with Crippen molar-refractivity contribution < 1.29 is 4.79 Å². The number of ketones is 1. The molecule has 3 nitrogen and oxygen atoms in total. The van der Waals surface area contributed by atoms with Crippen LogP contribution in [0.5, 0.6) is 0 Å². The molecule has 0 bridgehead atoms. The van der Waals surface area contributed by atoms with E-state index in [0.29, 0.717) is 26.9 Å². The zero-order valence-electron chi connectivity index (χ0n) is 12.7. The largest absolute Gasteiger partial charge is 0.358 e. The second kappa shape index (κ2) is 6.52. The molecule has 0 saturated heterocycles. The minimum atomic E-state index is -0.358. The molecule has 1 aromatic heterocycles. The van der Waals surface area contributed by atoms with Gasteiger partial charge in [-0.25, -0.2) is 0 Å². The minimum absolute atomic E-state index is 0.0159. The first kappa shape index (κ1) is 16.3. The highest BCUT2D eigenvalue weighted by Crippen LogP contribution is 2.29. The van der Waals surface area contributed by atoms with E-state index in [1.165, 1.54) is 6.08 Å². The van der Waals surface area contributed by atoms with Crippen molar-refractivity contribution in [2.75, 3.05) is 0 Å². The number of H-pyrrole nitrogens is 1. The van der Waals surface area contributed by atoms with Crippen molar-refractivity contribution in [3.05, 3.63) is 74.9 Å². The number of carbonyl (C=O) groups is 1. The molecule has 3 rings (SSSR count). The molecule has 118 valence electrons. The van der Waals surface area contributed by atoms with Gasteiger partial charge in [0.1, 0.15) is 11.6 Å². The SMILES string of the molecule is Cc1[nH]c2ccccc2c1C(=O)C(C#N)=Cc1c(Cl)cccc1Cl. The predicted octanol–water partition coefficient (Wildman–Crippen LogP) is 5.57. The van der Waals surface area contributed by atoms with Crippen molar-refractivity contribution in [2.45, 2.75) is 6.92 Å². The average Bonchev–Trinajstić information content (AvgIpc) is 2.90. The average molecular weight is 355 g/mol. The number of para-hydroxylation sites is 1. The molecule has 5 heteroatoms. The Labute approximate surface area is 149 Å². The summed E-state index contributed by atoms with van der Waals surface area (Å²) in [5, 5.41) is 11.0. The van der Waals surface area contributed by atoms with E-state index >= 15 is 0 Å². The summed E-state index contributed by atoms with van der Waals surface area (Å²) in [7, 11) is 0. The second-order valence-corrected chi connectivity index (χ2v) is 6.12. The molecule has 0 amide bonds. The number of nitriles is 1. The fraction of sp³-hybridized carbons (Fsp3) is 0.0526. The van der Waals surface area contributed by atoms with Gasteiger partial charge in [-0.05, 0) is 31.2 Å². The van der Waals surface area contributed by atoms with Crippen molar-refractivity contribution in [2.24, 2.45) is 0 Å². The van der Waals surface area contributed by atoms with Crippen LogP contribution >= 0.6 is 23.2 Å². The number of benzene rings is 2. The number of aromatic amines is 1. The molecule has 24 heavy (non-hydrogen) atoms. The molecule has 0 aliphatic rings. The number of Topliss-reactive ketones (excluding diaryl/α,β-unsaturated/α-hetero) is 1. The number of hydrogen-bond donors (Lipinski definition) is 1. The number of fused-ring (bicyclic) bond motifs is 1. The number of rotatable bonds is 3. The number of aryl methyl sites for hydroxylation is 1. The summed E-state index contributed by atoms with van der Waals surface area (Å²) in [5.74, 6) is -0.358. The lowest BCUT2D eigenvalue weighted by atomic mass is 9.99. The van der Waals surface area contributed by atoms with E-state index in [0.717, 1.165) is 10.9 Å². The van der Waals surface area contributed by atoms with E-state index in [4.69, 9.17) is 23.2 Å². The van der Waals surface area contributed by atoms with Gasteiger partial charge in [0.05, 0.1) is 5.56 Å². The molecule has 1 N–H and O–H groups in total. The van der Waals surface area contributed by atoms with Gasteiger partial charge in [0, 0.05) is 32.2 Å². The first-order valence-electron chi connectivity index (χ1n) is 7.20. The van der Waals surface area contributed by atoms with Crippen molar-refractivity contribution in [3.63, 3.8) is 0 Å². The Morgan fingerprint density at radius 3 is 2.46 bits per heavy atom. The number of nitrogens with one attached hydrogen (secondary N) is 1. The summed E-state index contributed by atoms with van der Waals surface area (Å²) in [6.07, 6.45) is 1.44. The van der Waals surface area contributed by atoms with Crippen LogP contribution in [-0.4, -0.2) is 10.8 Å². The van der Waals surface area contributed by atoms with Crippen molar-refractivity contribution in [1.82, 2.24) is 4.98 Å². The van der Waals surface area contributed by atoms with Gasteiger partial charge in [0.2, 0.25) is 5.78 Å². The molecule has 0 unspecified atom stereocenters. The number of aromatic nitrogens is 1. The van der Waals surface area contributed by atoms with Crippen LogP contribution in [0.15, 0.2) is 48.0 Å². The second-order valence-electron chi connectivity index (χ2n) is 5.30. The van der Waals surface area contributed by atoms with Gasteiger partial charge in [-0.3, -0.25) is 4.79 Å².